The van der Waals surface area contributed by atoms with Gasteiger partial charge >= 0.3 is 0 Å². The zero-order valence-corrected chi connectivity index (χ0v) is 18.0. The maximum absolute atomic E-state index is 6.29. The zero-order chi connectivity index (χ0) is 20.5. The summed E-state index contributed by atoms with van der Waals surface area (Å²) >= 11 is 0. The van der Waals surface area contributed by atoms with Gasteiger partial charge in [-0.1, -0.05) is 48.5 Å². The minimum absolute atomic E-state index is 0.0384. The highest BCUT2D eigenvalue weighted by molar-refractivity contribution is 5.85. The first kappa shape index (κ1) is 20.1. The average Bonchev–Trinajstić information content (AvgIpc) is 3.14. The molecule has 4 heteroatoms. The van der Waals surface area contributed by atoms with E-state index in [2.05, 4.69) is 78.6 Å². The van der Waals surface area contributed by atoms with E-state index in [1.54, 1.807) is 7.11 Å². The van der Waals surface area contributed by atoms with Crippen LogP contribution in [-0.2, 0) is 27.2 Å². The Hall–Kier alpha value is -2.14. The summed E-state index contributed by atoms with van der Waals surface area (Å²) in [5.41, 5.74) is 4.67. The monoisotopic (exact) mass is 392 g/mol. The summed E-state index contributed by atoms with van der Waals surface area (Å²) in [6.07, 6.45) is 4.00. The van der Waals surface area contributed by atoms with Crippen LogP contribution in [0.1, 0.15) is 42.5 Å². The summed E-state index contributed by atoms with van der Waals surface area (Å²) in [4.78, 5) is 6.08. The number of nitrogens with one attached hydrogen (secondary N) is 1. The van der Waals surface area contributed by atoms with Crippen molar-refractivity contribution < 1.29 is 9.47 Å². The minimum atomic E-state index is -0.318. The zero-order valence-electron chi connectivity index (χ0n) is 18.0. The highest BCUT2D eigenvalue weighted by Gasteiger charge is 2.47. The first-order valence-corrected chi connectivity index (χ1v) is 10.4. The Kier molecular flexibility index (Phi) is 5.52. The number of aromatic amines is 1. The third kappa shape index (κ3) is 3.29. The Balaban J connectivity index is 1.74. The fraction of sp³-hybridized carbons (Fsp3) is 0.440. The molecule has 1 aromatic heterocycles. The van der Waals surface area contributed by atoms with Gasteiger partial charge in [0.15, 0.2) is 0 Å². The van der Waals surface area contributed by atoms with Crippen molar-refractivity contribution in [1.29, 1.82) is 0 Å². The molecule has 0 radical (unpaired) electrons. The first-order valence-electron chi connectivity index (χ1n) is 10.4. The van der Waals surface area contributed by atoms with Crippen LogP contribution >= 0.6 is 0 Å². The lowest BCUT2D eigenvalue weighted by atomic mass is 9.68. The molecule has 154 valence electrons. The molecule has 1 heterocycles. The summed E-state index contributed by atoms with van der Waals surface area (Å²) in [5, 5.41) is 1.23. The highest BCUT2D eigenvalue weighted by atomic mass is 16.5. The number of aromatic nitrogens is 1. The van der Waals surface area contributed by atoms with Gasteiger partial charge < -0.3 is 14.5 Å². The fourth-order valence-electron chi connectivity index (χ4n) is 5.25. The van der Waals surface area contributed by atoms with Crippen LogP contribution in [-0.4, -0.2) is 38.2 Å². The maximum atomic E-state index is 6.29. The van der Waals surface area contributed by atoms with E-state index in [0.717, 1.165) is 31.2 Å². The Morgan fingerprint density at radius 1 is 0.897 bits per heavy atom. The van der Waals surface area contributed by atoms with Gasteiger partial charge in [-0.25, -0.2) is 0 Å². The van der Waals surface area contributed by atoms with Crippen molar-refractivity contribution in [3.05, 3.63) is 71.4 Å². The van der Waals surface area contributed by atoms with Gasteiger partial charge in [0.05, 0.1) is 12.3 Å². The van der Waals surface area contributed by atoms with Crippen molar-refractivity contribution in [2.24, 2.45) is 0 Å². The number of nitrogens with zero attached hydrogens (tertiary/aromatic N) is 1. The van der Waals surface area contributed by atoms with Gasteiger partial charge in [0.2, 0.25) is 0 Å². The first-order chi connectivity index (χ1) is 14.1. The normalized spacial score (nSPS) is 25.0. The third-order valence-electron chi connectivity index (χ3n) is 7.00. The van der Waals surface area contributed by atoms with Crippen molar-refractivity contribution in [3.63, 3.8) is 0 Å². The van der Waals surface area contributed by atoms with Crippen molar-refractivity contribution in [2.75, 3.05) is 28.3 Å². The van der Waals surface area contributed by atoms with Crippen LogP contribution < -0.4 is 0 Å². The van der Waals surface area contributed by atoms with E-state index in [4.69, 9.17) is 9.47 Å². The van der Waals surface area contributed by atoms with Crippen LogP contribution in [0.2, 0.25) is 0 Å². The van der Waals surface area contributed by atoms with E-state index in [-0.39, 0.29) is 11.1 Å². The van der Waals surface area contributed by atoms with Gasteiger partial charge in [-0.2, -0.15) is 0 Å². The predicted molar refractivity (Wildman–Crippen MR) is 118 cm³/mol. The highest BCUT2D eigenvalue weighted by Crippen LogP contribution is 2.50. The number of hydrogen-bond acceptors (Lipinski definition) is 3. The number of rotatable bonds is 6. The summed E-state index contributed by atoms with van der Waals surface area (Å²) in [6, 6.07) is 19.4. The number of hydrogen-bond donors (Lipinski definition) is 1. The lowest BCUT2D eigenvalue weighted by molar-refractivity contribution is -0.0835. The van der Waals surface area contributed by atoms with E-state index in [0.29, 0.717) is 6.61 Å². The number of benzene rings is 2. The molecule has 0 saturated heterocycles. The third-order valence-corrected chi connectivity index (χ3v) is 7.00. The lowest BCUT2D eigenvalue weighted by Crippen LogP contribution is -2.48. The summed E-state index contributed by atoms with van der Waals surface area (Å²) in [7, 11) is 8.02. The van der Waals surface area contributed by atoms with Crippen LogP contribution in [0.4, 0.5) is 0 Å². The van der Waals surface area contributed by atoms with Gasteiger partial charge in [-0.15, -0.1) is 0 Å². The molecule has 0 spiro atoms. The Bertz CT molecular complexity index is 953. The molecule has 4 rings (SSSR count). The number of methoxy groups -OCH3 is 2. The molecule has 1 fully saturated rings. The van der Waals surface area contributed by atoms with Gasteiger partial charge in [0.1, 0.15) is 5.60 Å². The van der Waals surface area contributed by atoms with Crippen molar-refractivity contribution in [3.8, 4) is 0 Å². The molecule has 0 amide bonds. The van der Waals surface area contributed by atoms with Crippen molar-refractivity contribution in [2.45, 2.75) is 43.4 Å². The van der Waals surface area contributed by atoms with E-state index < -0.39 is 0 Å². The van der Waals surface area contributed by atoms with Crippen LogP contribution in [0.15, 0.2) is 54.6 Å². The largest absolute Gasteiger partial charge is 0.380 e. The maximum Gasteiger partial charge on any atom is 0.108 e. The van der Waals surface area contributed by atoms with Crippen molar-refractivity contribution >= 4 is 10.9 Å². The topological polar surface area (TPSA) is 37.5 Å². The number of H-pyrrole nitrogens is 1. The molecular formula is C25H32N2O2. The predicted octanol–water partition coefficient (Wildman–Crippen LogP) is 5.19. The summed E-state index contributed by atoms with van der Waals surface area (Å²) < 4.78 is 11.9. The lowest BCUT2D eigenvalue weighted by Gasteiger charge is -2.49. The molecule has 1 aliphatic carbocycles. The Morgan fingerprint density at radius 3 is 2.17 bits per heavy atom. The number of fused-ring (bicyclic) bond motifs is 1. The van der Waals surface area contributed by atoms with Gasteiger partial charge in [0.25, 0.3) is 0 Å². The smallest absolute Gasteiger partial charge is 0.108 e. The standard InChI is InChI=1S/C25H32N2O2/c1-27(2)24(19-10-6-5-7-11-19)14-16-25(29-4,17-15-24)23-21(18-28-3)20-12-8-9-13-22(20)26-23/h5-13,26H,14-18H2,1-4H3. The van der Waals surface area contributed by atoms with Gasteiger partial charge in [-0.05, 0) is 51.4 Å². The summed E-state index contributed by atoms with van der Waals surface area (Å²) in [5.74, 6) is 0. The second-order valence-electron chi connectivity index (χ2n) is 8.45. The van der Waals surface area contributed by atoms with Crippen LogP contribution in [0.25, 0.3) is 10.9 Å². The van der Waals surface area contributed by atoms with Crippen LogP contribution in [0.3, 0.4) is 0 Å². The fourth-order valence-corrected chi connectivity index (χ4v) is 5.25. The average molecular weight is 393 g/mol. The van der Waals surface area contributed by atoms with Crippen LogP contribution in [0.5, 0.6) is 0 Å². The molecule has 0 atom stereocenters. The van der Waals surface area contributed by atoms with E-state index in [1.807, 2.05) is 7.11 Å². The molecule has 3 aromatic rings. The number of para-hydroxylation sites is 1. The van der Waals surface area contributed by atoms with E-state index in [1.165, 1.54) is 22.2 Å². The SMILES string of the molecule is COCc1c(C2(OC)CCC(c3ccccc3)(N(C)C)CC2)[nH]c2ccccc12. The molecule has 0 aliphatic heterocycles. The number of ether oxygens (including phenoxy) is 2. The molecule has 0 unspecified atom stereocenters. The Labute approximate surface area is 173 Å². The van der Waals surface area contributed by atoms with Crippen molar-refractivity contribution in [1.82, 2.24) is 9.88 Å². The molecular weight excluding hydrogens is 360 g/mol. The molecule has 1 N–H and O–H groups in total. The molecule has 0 bridgehead atoms. The molecule has 4 nitrogen and oxygen atoms in total. The van der Waals surface area contributed by atoms with E-state index >= 15 is 0 Å². The Morgan fingerprint density at radius 2 is 1.55 bits per heavy atom. The molecule has 29 heavy (non-hydrogen) atoms. The quantitative estimate of drug-likeness (QED) is 0.627. The summed E-state index contributed by atoms with van der Waals surface area (Å²) in [6.45, 7) is 0.585. The van der Waals surface area contributed by atoms with E-state index in [9.17, 15) is 0 Å². The molecule has 2 aromatic carbocycles. The van der Waals surface area contributed by atoms with Crippen LogP contribution in [0, 0.1) is 0 Å². The minimum Gasteiger partial charge on any atom is -0.380 e. The van der Waals surface area contributed by atoms with Gasteiger partial charge in [-0.3, -0.25) is 4.90 Å². The molecule has 1 saturated carbocycles. The second-order valence-corrected chi connectivity index (χ2v) is 8.45. The second kappa shape index (κ2) is 7.94. The molecule has 1 aliphatic rings. The van der Waals surface area contributed by atoms with Gasteiger partial charge in [0, 0.05) is 36.2 Å².